The lowest BCUT2D eigenvalue weighted by Crippen LogP contribution is -2.42. The summed E-state index contributed by atoms with van der Waals surface area (Å²) in [5.41, 5.74) is 6.38. The molecule has 200 valence electrons. The molecule has 0 bridgehead atoms. The van der Waals surface area contributed by atoms with Gasteiger partial charge in [-0.1, -0.05) is 35.9 Å². The Labute approximate surface area is 228 Å². The molecule has 0 spiro atoms. The number of carbonyl (C=O) groups excluding carboxylic acids is 1. The molecule has 1 amide bonds. The van der Waals surface area contributed by atoms with Crippen LogP contribution in [0.5, 0.6) is 0 Å². The number of benzene rings is 2. The van der Waals surface area contributed by atoms with E-state index in [1.165, 1.54) is 0 Å². The fourth-order valence-electron chi connectivity index (χ4n) is 5.93. The molecule has 5 rings (SSSR count). The number of carboxylic acid groups (broad SMARTS) is 1. The second-order valence-electron chi connectivity index (χ2n) is 10.3. The third-order valence-electron chi connectivity index (χ3n) is 8.19. The Kier molecular flexibility index (Phi) is 7.45. The van der Waals surface area contributed by atoms with Crippen molar-refractivity contribution in [1.82, 2.24) is 14.5 Å². The van der Waals surface area contributed by atoms with Crippen LogP contribution in [0.4, 0.5) is 11.4 Å². The minimum absolute atomic E-state index is 0.220. The molecule has 2 aliphatic rings. The number of hydrogen-bond acceptors (Lipinski definition) is 5. The summed E-state index contributed by atoms with van der Waals surface area (Å²) in [6.45, 7) is 3.56. The van der Waals surface area contributed by atoms with E-state index in [0.717, 1.165) is 78.1 Å². The first kappa shape index (κ1) is 26.3. The smallest absolute Gasteiger partial charge is 0.306 e. The predicted octanol–water partition coefficient (Wildman–Crippen LogP) is 5.34. The third kappa shape index (κ3) is 4.90. The monoisotopic (exact) mass is 535 g/mol. The summed E-state index contributed by atoms with van der Waals surface area (Å²) in [5, 5.41) is 16.1. The molecule has 0 radical (unpaired) electrons. The Morgan fingerprint density at radius 2 is 1.74 bits per heavy atom. The summed E-state index contributed by atoms with van der Waals surface area (Å²) in [6.07, 6.45) is 4.05. The normalized spacial score (nSPS) is 19.6. The molecule has 8 nitrogen and oxygen atoms in total. The van der Waals surface area contributed by atoms with Crippen LogP contribution in [0, 0.1) is 12.8 Å². The summed E-state index contributed by atoms with van der Waals surface area (Å²) >= 11 is 6.64. The molecular formula is C29H34ClN5O3. The van der Waals surface area contributed by atoms with Crippen LogP contribution in [0.1, 0.15) is 53.3 Å². The minimum atomic E-state index is -0.680. The highest BCUT2D eigenvalue weighted by molar-refractivity contribution is 6.36. The van der Waals surface area contributed by atoms with Gasteiger partial charge < -0.3 is 20.3 Å². The van der Waals surface area contributed by atoms with E-state index in [1.54, 1.807) is 0 Å². The third-order valence-corrected chi connectivity index (χ3v) is 8.60. The maximum Gasteiger partial charge on any atom is 0.306 e. The first-order chi connectivity index (χ1) is 18.3. The number of carboxylic acids is 1. The first-order valence-corrected chi connectivity index (χ1v) is 13.5. The van der Waals surface area contributed by atoms with E-state index in [1.807, 2.05) is 62.0 Å². The van der Waals surface area contributed by atoms with Crippen LogP contribution in [-0.4, -0.2) is 51.1 Å². The summed E-state index contributed by atoms with van der Waals surface area (Å²) in [5.74, 6) is -0.751. The van der Waals surface area contributed by atoms with Crippen LogP contribution in [0.25, 0.3) is 11.1 Å². The molecule has 1 saturated carbocycles. The standard InChI is InChI=1S/C29H34ClN5O3/c1-17-20(21-7-5-9-23(31-2)26(21)30)6-4-8-22(17)33-28(36)27-32-24-16-35(15-14-25(24)34(27)3)19-12-10-18(11-13-19)29(37)38/h4-9,18-19,31H,10-16H2,1-3H3,(H,33,36)(H,37,38). The van der Waals surface area contributed by atoms with E-state index in [2.05, 4.69) is 15.5 Å². The molecule has 1 aliphatic carbocycles. The van der Waals surface area contributed by atoms with E-state index >= 15 is 0 Å². The minimum Gasteiger partial charge on any atom is -0.481 e. The number of anilines is 2. The van der Waals surface area contributed by atoms with Gasteiger partial charge in [0.25, 0.3) is 5.91 Å². The zero-order valence-corrected chi connectivity index (χ0v) is 22.8. The maximum absolute atomic E-state index is 13.4. The van der Waals surface area contributed by atoms with Crippen molar-refractivity contribution in [2.45, 2.75) is 51.6 Å². The van der Waals surface area contributed by atoms with E-state index in [9.17, 15) is 14.7 Å². The van der Waals surface area contributed by atoms with E-state index in [-0.39, 0.29) is 11.8 Å². The number of imidazole rings is 1. The SMILES string of the molecule is CNc1cccc(-c2cccc(NC(=O)c3nc4c(n3C)CCN(C3CCC(C(=O)O)CC3)C4)c2C)c1Cl. The highest BCUT2D eigenvalue weighted by Crippen LogP contribution is 2.37. The van der Waals surface area contributed by atoms with E-state index in [0.29, 0.717) is 23.4 Å². The fourth-order valence-corrected chi connectivity index (χ4v) is 6.25. The largest absolute Gasteiger partial charge is 0.481 e. The number of nitrogens with zero attached hydrogens (tertiary/aromatic N) is 3. The molecule has 0 unspecified atom stereocenters. The van der Waals surface area contributed by atoms with Crippen molar-refractivity contribution in [3.8, 4) is 11.1 Å². The molecule has 1 aromatic heterocycles. The molecule has 2 heterocycles. The van der Waals surface area contributed by atoms with Gasteiger partial charge in [0.15, 0.2) is 5.82 Å². The van der Waals surface area contributed by atoms with Crippen molar-refractivity contribution >= 4 is 34.9 Å². The first-order valence-electron chi connectivity index (χ1n) is 13.2. The van der Waals surface area contributed by atoms with Gasteiger partial charge in [0.05, 0.1) is 22.3 Å². The molecule has 2 aromatic carbocycles. The van der Waals surface area contributed by atoms with Crippen LogP contribution < -0.4 is 10.6 Å². The van der Waals surface area contributed by atoms with Gasteiger partial charge in [-0.05, 0) is 55.9 Å². The van der Waals surface area contributed by atoms with Crippen LogP contribution in [-0.2, 0) is 24.8 Å². The van der Waals surface area contributed by atoms with E-state index in [4.69, 9.17) is 16.6 Å². The zero-order chi connectivity index (χ0) is 27.0. The topological polar surface area (TPSA) is 99.5 Å². The molecule has 9 heteroatoms. The van der Waals surface area contributed by atoms with Gasteiger partial charge in [-0.3, -0.25) is 14.5 Å². The Morgan fingerprint density at radius 3 is 2.42 bits per heavy atom. The fraction of sp³-hybridized carbons (Fsp3) is 0.414. The van der Waals surface area contributed by atoms with Crippen LogP contribution in [0.2, 0.25) is 5.02 Å². The van der Waals surface area contributed by atoms with Gasteiger partial charge in [-0.2, -0.15) is 0 Å². The zero-order valence-electron chi connectivity index (χ0n) is 22.1. The van der Waals surface area contributed by atoms with E-state index < -0.39 is 5.97 Å². The average Bonchev–Trinajstić information content (AvgIpc) is 3.26. The predicted molar refractivity (Wildman–Crippen MR) is 150 cm³/mol. The molecule has 1 fully saturated rings. The van der Waals surface area contributed by atoms with Gasteiger partial charge in [0.2, 0.25) is 0 Å². The molecule has 0 atom stereocenters. The van der Waals surface area contributed by atoms with Gasteiger partial charge in [-0.15, -0.1) is 0 Å². The highest BCUT2D eigenvalue weighted by Gasteiger charge is 2.33. The molecule has 1 aliphatic heterocycles. The molecular weight excluding hydrogens is 502 g/mol. The number of carbonyl (C=O) groups is 2. The number of nitrogens with one attached hydrogen (secondary N) is 2. The van der Waals surface area contributed by atoms with Crippen molar-refractivity contribution in [2.24, 2.45) is 13.0 Å². The lowest BCUT2D eigenvalue weighted by Gasteiger charge is -2.37. The molecule has 3 N–H and O–H groups in total. The summed E-state index contributed by atoms with van der Waals surface area (Å²) in [7, 11) is 3.74. The summed E-state index contributed by atoms with van der Waals surface area (Å²) < 4.78 is 1.91. The number of aliphatic carboxylic acids is 1. The average molecular weight is 536 g/mol. The molecule has 0 saturated heterocycles. The quantitative estimate of drug-likeness (QED) is 0.394. The van der Waals surface area contributed by atoms with Crippen LogP contribution in [0.15, 0.2) is 36.4 Å². The molecule has 38 heavy (non-hydrogen) atoms. The summed E-state index contributed by atoms with van der Waals surface area (Å²) in [6, 6.07) is 12.0. The van der Waals surface area contributed by atoms with Crippen LogP contribution >= 0.6 is 11.6 Å². The number of fused-ring (bicyclic) bond motifs is 1. The number of aromatic nitrogens is 2. The lowest BCUT2D eigenvalue weighted by molar-refractivity contribution is -0.143. The van der Waals surface area contributed by atoms with Gasteiger partial charge in [-0.25, -0.2) is 4.98 Å². The Morgan fingerprint density at radius 1 is 1.05 bits per heavy atom. The second kappa shape index (κ2) is 10.8. The van der Waals surface area contributed by atoms with Crippen molar-refractivity contribution in [2.75, 3.05) is 24.2 Å². The Balaban J connectivity index is 1.33. The Bertz CT molecular complexity index is 1380. The number of hydrogen-bond donors (Lipinski definition) is 3. The van der Waals surface area contributed by atoms with Crippen molar-refractivity contribution in [3.05, 3.63) is 64.2 Å². The summed E-state index contributed by atoms with van der Waals surface area (Å²) in [4.78, 5) is 31.9. The van der Waals surface area contributed by atoms with Gasteiger partial charge in [0.1, 0.15) is 0 Å². The van der Waals surface area contributed by atoms with Gasteiger partial charge in [0, 0.05) is 56.6 Å². The lowest BCUT2D eigenvalue weighted by atomic mass is 9.85. The number of halogens is 1. The number of amides is 1. The second-order valence-corrected chi connectivity index (χ2v) is 10.7. The Hall–Kier alpha value is -3.36. The number of rotatable bonds is 6. The highest BCUT2D eigenvalue weighted by atomic mass is 35.5. The van der Waals surface area contributed by atoms with Crippen molar-refractivity contribution in [3.63, 3.8) is 0 Å². The van der Waals surface area contributed by atoms with Gasteiger partial charge >= 0.3 is 5.97 Å². The molecule has 3 aromatic rings. The van der Waals surface area contributed by atoms with Crippen LogP contribution in [0.3, 0.4) is 0 Å². The van der Waals surface area contributed by atoms with Crippen molar-refractivity contribution < 1.29 is 14.7 Å². The van der Waals surface area contributed by atoms with Crippen molar-refractivity contribution in [1.29, 1.82) is 0 Å². The maximum atomic E-state index is 13.4.